The van der Waals surface area contributed by atoms with E-state index < -0.39 is 9.84 Å². The molecule has 2 fully saturated rings. The van der Waals surface area contributed by atoms with Crippen molar-refractivity contribution in [2.45, 2.75) is 25.3 Å². The molecule has 0 aromatic rings. The van der Waals surface area contributed by atoms with Gasteiger partial charge in [-0.1, -0.05) is 0 Å². The first-order valence-electron chi connectivity index (χ1n) is 6.20. The van der Waals surface area contributed by atoms with Gasteiger partial charge >= 0.3 is 0 Å². The Labute approximate surface area is 98.3 Å². The van der Waals surface area contributed by atoms with Crippen LogP contribution >= 0.6 is 0 Å². The fourth-order valence-corrected chi connectivity index (χ4v) is 4.64. The molecule has 0 aromatic heterocycles. The molecule has 1 atom stereocenters. The monoisotopic (exact) mass is 246 g/mol. The van der Waals surface area contributed by atoms with Crippen molar-refractivity contribution in [1.82, 2.24) is 10.2 Å². The molecule has 16 heavy (non-hydrogen) atoms. The van der Waals surface area contributed by atoms with Crippen LogP contribution in [0.3, 0.4) is 0 Å². The third kappa shape index (κ3) is 2.96. The quantitative estimate of drug-likeness (QED) is 0.767. The minimum atomic E-state index is -2.72. The summed E-state index contributed by atoms with van der Waals surface area (Å²) in [6, 6.07) is 0.306. The largest absolute Gasteiger partial charge is 0.319 e. The Hall–Kier alpha value is -0.130. The first-order chi connectivity index (χ1) is 7.61. The van der Waals surface area contributed by atoms with Gasteiger partial charge in [0.05, 0.1) is 11.5 Å². The average Bonchev–Trinajstić information content (AvgIpc) is 2.61. The van der Waals surface area contributed by atoms with Gasteiger partial charge in [-0.05, 0) is 51.9 Å². The van der Waals surface area contributed by atoms with Crippen molar-refractivity contribution >= 4 is 9.84 Å². The summed E-state index contributed by atoms with van der Waals surface area (Å²) in [4.78, 5) is 2.39. The molecule has 0 radical (unpaired) electrons. The molecule has 94 valence electrons. The van der Waals surface area contributed by atoms with Crippen LogP contribution in [0, 0.1) is 5.92 Å². The molecule has 0 bridgehead atoms. The van der Waals surface area contributed by atoms with Crippen molar-refractivity contribution in [1.29, 1.82) is 0 Å². The highest BCUT2D eigenvalue weighted by Crippen LogP contribution is 2.23. The van der Waals surface area contributed by atoms with Gasteiger partial charge in [0.25, 0.3) is 0 Å². The van der Waals surface area contributed by atoms with Gasteiger partial charge in [-0.15, -0.1) is 0 Å². The second-order valence-electron chi connectivity index (χ2n) is 5.09. The fraction of sp³-hybridized carbons (Fsp3) is 1.00. The number of sulfone groups is 1. The summed E-state index contributed by atoms with van der Waals surface area (Å²) in [5.74, 6) is 1.57. The van der Waals surface area contributed by atoms with Gasteiger partial charge in [-0.2, -0.15) is 0 Å². The summed E-state index contributed by atoms with van der Waals surface area (Å²) in [5, 5.41) is 3.22. The van der Waals surface area contributed by atoms with E-state index in [-0.39, 0.29) is 0 Å². The van der Waals surface area contributed by atoms with Gasteiger partial charge in [0.15, 0.2) is 9.84 Å². The Bertz CT molecular complexity index is 321. The van der Waals surface area contributed by atoms with Crippen LogP contribution in [0.4, 0.5) is 0 Å². The predicted octanol–water partition coefficient (Wildman–Crippen LogP) is 0.105. The molecule has 1 N–H and O–H groups in total. The third-order valence-electron chi connectivity index (χ3n) is 3.87. The zero-order valence-corrected chi connectivity index (χ0v) is 10.8. The van der Waals surface area contributed by atoms with Crippen LogP contribution in [0.2, 0.25) is 0 Å². The molecule has 0 aliphatic carbocycles. The second-order valence-corrected chi connectivity index (χ2v) is 7.32. The number of nitrogens with one attached hydrogen (secondary N) is 1. The van der Waals surface area contributed by atoms with Crippen LogP contribution in [0.15, 0.2) is 0 Å². The number of hydrogen-bond acceptors (Lipinski definition) is 4. The third-order valence-corrected chi connectivity index (χ3v) is 5.62. The molecule has 0 aromatic carbocycles. The molecule has 5 heteroatoms. The van der Waals surface area contributed by atoms with Gasteiger partial charge < -0.3 is 5.32 Å². The SMILES string of the molecule is CNCC1CCN(C2CCS(=O)(=O)C2)CC1. The van der Waals surface area contributed by atoms with E-state index in [2.05, 4.69) is 10.2 Å². The van der Waals surface area contributed by atoms with Crippen LogP contribution in [-0.2, 0) is 9.84 Å². The molecule has 2 rings (SSSR count). The van der Waals surface area contributed by atoms with E-state index in [0.29, 0.717) is 17.5 Å². The lowest BCUT2D eigenvalue weighted by atomic mass is 9.95. The van der Waals surface area contributed by atoms with Crippen LogP contribution in [0.5, 0.6) is 0 Å². The highest BCUT2D eigenvalue weighted by molar-refractivity contribution is 7.91. The Morgan fingerprint density at radius 1 is 1.25 bits per heavy atom. The van der Waals surface area contributed by atoms with Gasteiger partial charge in [0.2, 0.25) is 0 Å². The van der Waals surface area contributed by atoms with Gasteiger partial charge in [-0.25, -0.2) is 8.42 Å². The van der Waals surface area contributed by atoms with E-state index in [0.717, 1.165) is 32.0 Å². The number of likely N-dealkylation sites (tertiary alicyclic amines) is 1. The standard InChI is InChI=1S/C11H22N2O2S/c1-12-8-10-2-5-13(6-3-10)11-4-7-16(14,15)9-11/h10-12H,2-9H2,1H3. The highest BCUT2D eigenvalue weighted by Gasteiger charge is 2.33. The summed E-state index contributed by atoms with van der Waals surface area (Å²) in [6.07, 6.45) is 3.26. The zero-order valence-electron chi connectivity index (χ0n) is 9.98. The van der Waals surface area contributed by atoms with Crippen molar-refractivity contribution in [2.24, 2.45) is 5.92 Å². The molecular weight excluding hydrogens is 224 g/mol. The normalized spacial score (nSPS) is 31.9. The van der Waals surface area contributed by atoms with Crippen molar-refractivity contribution < 1.29 is 8.42 Å². The van der Waals surface area contributed by atoms with E-state index >= 15 is 0 Å². The Balaban J connectivity index is 1.81. The average molecular weight is 246 g/mol. The summed E-state index contributed by atoms with van der Waals surface area (Å²) in [7, 11) is -0.727. The van der Waals surface area contributed by atoms with Gasteiger partial charge in [-0.3, -0.25) is 4.90 Å². The second kappa shape index (κ2) is 5.02. The Kier molecular flexibility index (Phi) is 3.87. The van der Waals surface area contributed by atoms with E-state index in [1.807, 2.05) is 7.05 Å². The predicted molar refractivity (Wildman–Crippen MR) is 65.3 cm³/mol. The summed E-state index contributed by atoms with van der Waals surface area (Å²) in [6.45, 7) is 3.25. The van der Waals surface area contributed by atoms with E-state index in [4.69, 9.17) is 0 Å². The summed E-state index contributed by atoms with van der Waals surface area (Å²) < 4.78 is 22.8. The lowest BCUT2D eigenvalue weighted by molar-refractivity contribution is 0.143. The van der Waals surface area contributed by atoms with E-state index in [9.17, 15) is 8.42 Å². The number of rotatable bonds is 3. The van der Waals surface area contributed by atoms with Crippen LogP contribution in [0.25, 0.3) is 0 Å². The van der Waals surface area contributed by atoms with Gasteiger partial charge in [0, 0.05) is 6.04 Å². The molecule has 0 saturated carbocycles. The van der Waals surface area contributed by atoms with Crippen LogP contribution in [-0.4, -0.2) is 57.5 Å². The smallest absolute Gasteiger partial charge is 0.151 e. The summed E-state index contributed by atoms with van der Waals surface area (Å²) in [5.41, 5.74) is 0. The van der Waals surface area contributed by atoms with E-state index in [1.54, 1.807) is 0 Å². The molecule has 4 nitrogen and oxygen atoms in total. The number of piperidine rings is 1. The lowest BCUT2D eigenvalue weighted by Gasteiger charge is -2.35. The van der Waals surface area contributed by atoms with Crippen molar-refractivity contribution in [2.75, 3.05) is 38.2 Å². The molecule has 2 aliphatic rings. The Morgan fingerprint density at radius 3 is 2.44 bits per heavy atom. The maximum atomic E-state index is 11.4. The van der Waals surface area contributed by atoms with Crippen molar-refractivity contribution in [3.63, 3.8) is 0 Å². The minimum absolute atomic E-state index is 0.306. The maximum absolute atomic E-state index is 11.4. The van der Waals surface area contributed by atoms with Crippen LogP contribution < -0.4 is 5.32 Å². The molecule has 2 heterocycles. The fourth-order valence-electron chi connectivity index (χ4n) is 2.87. The van der Waals surface area contributed by atoms with Crippen LogP contribution in [0.1, 0.15) is 19.3 Å². The molecule has 0 spiro atoms. The first-order valence-corrected chi connectivity index (χ1v) is 8.02. The first kappa shape index (κ1) is 12.3. The van der Waals surface area contributed by atoms with Crippen molar-refractivity contribution in [3.8, 4) is 0 Å². The molecular formula is C11H22N2O2S. The molecule has 0 amide bonds. The molecule has 2 aliphatic heterocycles. The maximum Gasteiger partial charge on any atom is 0.151 e. The zero-order chi connectivity index (χ0) is 11.6. The lowest BCUT2D eigenvalue weighted by Crippen LogP contribution is -2.43. The Morgan fingerprint density at radius 2 is 1.94 bits per heavy atom. The highest BCUT2D eigenvalue weighted by atomic mass is 32.2. The topological polar surface area (TPSA) is 49.4 Å². The molecule has 2 saturated heterocycles. The number of nitrogens with zero attached hydrogens (tertiary/aromatic N) is 1. The van der Waals surface area contributed by atoms with E-state index in [1.165, 1.54) is 12.8 Å². The number of hydrogen-bond donors (Lipinski definition) is 1. The summed E-state index contributed by atoms with van der Waals surface area (Å²) >= 11 is 0. The minimum Gasteiger partial charge on any atom is -0.319 e. The van der Waals surface area contributed by atoms with Crippen molar-refractivity contribution in [3.05, 3.63) is 0 Å². The van der Waals surface area contributed by atoms with Gasteiger partial charge in [0.1, 0.15) is 0 Å². The molecule has 1 unspecified atom stereocenters.